The van der Waals surface area contributed by atoms with E-state index in [2.05, 4.69) is 5.32 Å². The van der Waals surface area contributed by atoms with E-state index in [-0.39, 0.29) is 18.7 Å². The van der Waals surface area contributed by atoms with Gasteiger partial charge in [0.05, 0.1) is 17.5 Å². The molecule has 0 aliphatic heterocycles. The van der Waals surface area contributed by atoms with E-state index in [1.807, 2.05) is 18.2 Å². The summed E-state index contributed by atoms with van der Waals surface area (Å²) >= 11 is 0. The Morgan fingerprint density at radius 3 is 2.34 bits per heavy atom. The lowest BCUT2D eigenvalue weighted by Gasteiger charge is -2.07. The number of anilines is 1. The van der Waals surface area contributed by atoms with Crippen LogP contribution in [0.15, 0.2) is 53.3 Å². The Hall–Kier alpha value is -3.88. The molecule has 0 saturated heterocycles. The van der Waals surface area contributed by atoms with Crippen LogP contribution in [0.25, 0.3) is 11.0 Å². The molecular formula is C20H20N4O5. The lowest BCUT2D eigenvalue weighted by molar-refractivity contribution is -0.147. The average molecular weight is 396 g/mol. The van der Waals surface area contributed by atoms with E-state index >= 15 is 0 Å². The third kappa shape index (κ3) is 4.52. The van der Waals surface area contributed by atoms with E-state index in [1.165, 1.54) is 33.4 Å². The van der Waals surface area contributed by atoms with Crippen LogP contribution in [0, 0.1) is 0 Å². The van der Waals surface area contributed by atoms with Gasteiger partial charge in [-0.05, 0) is 36.4 Å². The summed E-state index contributed by atoms with van der Waals surface area (Å²) in [5.74, 6) is -1.68. The van der Waals surface area contributed by atoms with Crippen LogP contribution in [0.5, 0.6) is 0 Å². The van der Waals surface area contributed by atoms with Crippen LogP contribution in [-0.2, 0) is 27.9 Å². The average Bonchev–Trinajstić information content (AvgIpc) is 2.95. The van der Waals surface area contributed by atoms with Gasteiger partial charge in [-0.3, -0.25) is 23.5 Å². The first-order valence-corrected chi connectivity index (χ1v) is 8.86. The highest BCUT2D eigenvalue weighted by molar-refractivity contribution is 5.95. The molecule has 0 fully saturated rings. The Morgan fingerprint density at radius 1 is 1.03 bits per heavy atom. The standard InChI is InChI=1S/C20H20N4O5/c1-23-15-4-2-3-5-16(15)24(20(23)28)11-10-18(26)29-12-17(25)22-14-8-6-13(7-9-14)19(21)27/h2-9H,10-12H2,1H3,(H2,21,27)(H,22,25). The summed E-state index contributed by atoms with van der Waals surface area (Å²) in [5, 5.41) is 2.55. The van der Waals surface area contributed by atoms with E-state index in [0.29, 0.717) is 11.3 Å². The lowest BCUT2D eigenvalue weighted by atomic mass is 10.2. The molecule has 29 heavy (non-hydrogen) atoms. The number of aromatic nitrogens is 2. The number of carbonyl (C=O) groups excluding carboxylic acids is 3. The number of aryl methyl sites for hydroxylation is 2. The zero-order valence-electron chi connectivity index (χ0n) is 15.8. The molecule has 0 atom stereocenters. The summed E-state index contributed by atoms with van der Waals surface area (Å²) in [6, 6.07) is 13.3. The van der Waals surface area contributed by atoms with Crippen molar-refractivity contribution < 1.29 is 19.1 Å². The van der Waals surface area contributed by atoms with E-state index in [0.717, 1.165) is 11.0 Å². The Kier molecular flexibility index (Phi) is 5.77. The van der Waals surface area contributed by atoms with Crippen molar-refractivity contribution >= 4 is 34.5 Å². The first-order valence-electron chi connectivity index (χ1n) is 8.86. The SMILES string of the molecule is Cn1c(=O)n(CCC(=O)OCC(=O)Nc2ccc(C(N)=O)cc2)c2ccccc21. The summed E-state index contributed by atoms with van der Waals surface area (Å²) in [4.78, 5) is 47.2. The van der Waals surface area contributed by atoms with Crippen LogP contribution in [-0.4, -0.2) is 33.5 Å². The number of benzene rings is 2. The van der Waals surface area contributed by atoms with Crippen LogP contribution < -0.4 is 16.7 Å². The summed E-state index contributed by atoms with van der Waals surface area (Å²) in [5.41, 5.74) is 7.18. The Bertz CT molecular complexity index is 1130. The zero-order valence-corrected chi connectivity index (χ0v) is 15.8. The maximum Gasteiger partial charge on any atom is 0.328 e. The van der Waals surface area contributed by atoms with Gasteiger partial charge in [0, 0.05) is 24.8 Å². The fourth-order valence-corrected chi connectivity index (χ4v) is 2.92. The molecule has 3 aromatic rings. The predicted octanol–water partition coefficient (Wildman–Crippen LogP) is 1.01. The fraction of sp³-hybridized carbons (Fsp3) is 0.200. The molecule has 1 aromatic heterocycles. The predicted molar refractivity (Wildman–Crippen MR) is 106 cm³/mol. The van der Waals surface area contributed by atoms with Gasteiger partial charge in [0.1, 0.15) is 0 Å². The number of imidazole rings is 1. The summed E-state index contributed by atoms with van der Waals surface area (Å²) in [6.07, 6.45) is -0.0471. The number of amides is 2. The van der Waals surface area contributed by atoms with Gasteiger partial charge < -0.3 is 15.8 Å². The molecule has 0 unspecified atom stereocenters. The number of para-hydroxylation sites is 2. The molecular weight excluding hydrogens is 376 g/mol. The Labute approximate surface area is 165 Å². The quantitative estimate of drug-likeness (QED) is 0.577. The van der Waals surface area contributed by atoms with Gasteiger partial charge in [0.25, 0.3) is 5.91 Å². The minimum Gasteiger partial charge on any atom is -0.456 e. The van der Waals surface area contributed by atoms with Gasteiger partial charge in [-0.15, -0.1) is 0 Å². The number of fused-ring (bicyclic) bond motifs is 1. The van der Waals surface area contributed by atoms with Crippen molar-refractivity contribution in [2.45, 2.75) is 13.0 Å². The number of rotatable bonds is 7. The molecule has 0 aliphatic carbocycles. The molecule has 0 radical (unpaired) electrons. The molecule has 1 heterocycles. The number of nitrogens with two attached hydrogens (primary N) is 1. The van der Waals surface area contributed by atoms with E-state index in [9.17, 15) is 19.2 Å². The number of nitrogens with one attached hydrogen (secondary N) is 1. The first-order chi connectivity index (χ1) is 13.9. The Balaban J connectivity index is 1.51. The van der Waals surface area contributed by atoms with Gasteiger partial charge in [-0.1, -0.05) is 12.1 Å². The third-order valence-electron chi connectivity index (χ3n) is 4.41. The lowest BCUT2D eigenvalue weighted by Crippen LogP contribution is -2.25. The van der Waals surface area contributed by atoms with Crippen molar-refractivity contribution in [2.24, 2.45) is 12.8 Å². The van der Waals surface area contributed by atoms with Crippen molar-refractivity contribution in [1.29, 1.82) is 0 Å². The van der Waals surface area contributed by atoms with Gasteiger partial charge in [-0.25, -0.2) is 4.79 Å². The second-order valence-corrected chi connectivity index (χ2v) is 6.38. The van der Waals surface area contributed by atoms with Gasteiger partial charge in [-0.2, -0.15) is 0 Å². The van der Waals surface area contributed by atoms with E-state index in [4.69, 9.17) is 10.5 Å². The smallest absolute Gasteiger partial charge is 0.328 e. The molecule has 0 aliphatic rings. The minimum atomic E-state index is -0.593. The van der Waals surface area contributed by atoms with E-state index < -0.39 is 24.4 Å². The van der Waals surface area contributed by atoms with Crippen LogP contribution >= 0.6 is 0 Å². The molecule has 0 bridgehead atoms. The number of esters is 1. The molecule has 2 amide bonds. The third-order valence-corrected chi connectivity index (χ3v) is 4.41. The van der Waals surface area contributed by atoms with Crippen LogP contribution in [0.2, 0.25) is 0 Å². The van der Waals surface area contributed by atoms with Gasteiger partial charge in [0.15, 0.2) is 6.61 Å². The van der Waals surface area contributed by atoms with Crippen LogP contribution in [0.1, 0.15) is 16.8 Å². The van der Waals surface area contributed by atoms with Crippen molar-refractivity contribution in [3.63, 3.8) is 0 Å². The van der Waals surface area contributed by atoms with Crippen molar-refractivity contribution in [2.75, 3.05) is 11.9 Å². The summed E-state index contributed by atoms with van der Waals surface area (Å²) in [7, 11) is 1.67. The maximum atomic E-state index is 12.3. The number of hydrogen-bond acceptors (Lipinski definition) is 5. The first kappa shape index (κ1) is 19.9. The highest BCUT2D eigenvalue weighted by Crippen LogP contribution is 2.12. The molecule has 0 spiro atoms. The monoisotopic (exact) mass is 396 g/mol. The normalized spacial score (nSPS) is 10.7. The molecule has 9 heteroatoms. The van der Waals surface area contributed by atoms with Crippen LogP contribution in [0.3, 0.4) is 0 Å². The summed E-state index contributed by atoms with van der Waals surface area (Å²) in [6.45, 7) is -0.309. The number of primary amides is 1. The zero-order chi connectivity index (χ0) is 21.0. The highest BCUT2D eigenvalue weighted by atomic mass is 16.5. The second-order valence-electron chi connectivity index (χ2n) is 6.38. The largest absolute Gasteiger partial charge is 0.456 e. The number of ether oxygens (including phenoxy) is 1. The Morgan fingerprint density at radius 2 is 1.69 bits per heavy atom. The number of carbonyl (C=O) groups is 3. The van der Waals surface area contributed by atoms with Crippen molar-refractivity contribution in [3.05, 3.63) is 64.6 Å². The number of hydrogen-bond donors (Lipinski definition) is 2. The molecule has 3 rings (SSSR count). The highest BCUT2D eigenvalue weighted by Gasteiger charge is 2.13. The molecule has 0 saturated carbocycles. The summed E-state index contributed by atoms with van der Waals surface area (Å²) < 4.78 is 7.98. The molecule has 150 valence electrons. The second kappa shape index (κ2) is 8.42. The van der Waals surface area contributed by atoms with Crippen molar-refractivity contribution in [1.82, 2.24) is 9.13 Å². The molecule has 9 nitrogen and oxygen atoms in total. The molecule has 3 N–H and O–H groups in total. The van der Waals surface area contributed by atoms with E-state index in [1.54, 1.807) is 13.1 Å². The fourth-order valence-electron chi connectivity index (χ4n) is 2.92. The van der Waals surface area contributed by atoms with Crippen LogP contribution in [0.4, 0.5) is 5.69 Å². The maximum absolute atomic E-state index is 12.3. The number of nitrogens with zero attached hydrogens (tertiary/aromatic N) is 2. The minimum absolute atomic E-state index is 0.0471. The van der Waals surface area contributed by atoms with Gasteiger partial charge >= 0.3 is 11.7 Å². The van der Waals surface area contributed by atoms with Crippen molar-refractivity contribution in [3.8, 4) is 0 Å². The molecule has 2 aromatic carbocycles. The van der Waals surface area contributed by atoms with Gasteiger partial charge in [0.2, 0.25) is 5.91 Å². The topological polar surface area (TPSA) is 125 Å².